The van der Waals surface area contributed by atoms with Crippen molar-refractivity contribution < 1.29 is 13.9 Å². The summed E-state index contributed by atoms with van der Waals surface area (Å²) in [7, 11) is 0. The highest BCUT2D eigenvalue weighted by Gasteiger charge is 2.23. The molecule has 1 fully saturated rings. The van der Waals surface area contributed by atoms with Crippen molar-refractivity contribution in [3.05, 3.63) is 72.6 Å². The fourth-order valence-electron chi connectivity index (χ4n) is 2.87. The Morgan fingerprint density at radius 1 is 1.16 bits per heavy atom. The van der Waals surface area contributed by atoms with Gasteiger partial charge in [-0.3, -0.25) is 9.88 Å². The first-order valence-corrected chi connectivity index (χ1v) is 8.27. The molecule has 1 aromatic carbocycles. The minimum Gasteiger partial charge on any atom is -0.467 e. The Morgan fingerprint density at radius 3 is 2.84 bits per heavy atom. The molecule has 128 valence electrons. The summed E-state index contributed by atoms with van der Waals surface area (Å²) in [6.45, 7) is 3.31. The average molecular weight is 337 g/mol. The molecule has 0 saturated carbocycles. The van der Waals surface area contributed by atoms with Crippen molar-refractivity contribution in [1.29, 1.82) is 0 Å². The van der Waals surface area contributed by atoms with Gasteiger partial charge in [-0.05, 0) is 29.8 Å². The number of morpholine rings is 1. The zero-order valence-corrected chi connectivity index (χ0v) is 13.7. The lowest BCUT2D eigenvalue weighted by molar-refractivity contribution is -0.0427. The molecule has 4 rings (SSSR count). The number of ether oxygens (including phenoxy) is 2. The molecule has 6 heteroatoms. The Hall–Kier alpha value is -2.70. The summed E-state index contributed by atoms with van der Waals surface area (Å²) < 4.78 is 16.9. The van der Waals surface area contributed by atoms with E-state index in [2.05, 4.69) is 27.0 Å². The third-order valence-corrected chi connectivity index (χ3v) is 4.10. The van der Waals surface area contributed by atoms with Crippen LogP contribution in [0.25, 0.3) is 0 Å². The Balaban J connectivity index is 1.36. The molecular formula is C19H19N3O3. The zero-order valence-electron chi connectivity index (χ0n) is 13.7. The van der Waals surface area contributed by atoms with Crippen LogP contribution in [-0.2, 0) is 11.3 Å². The van der Waals surface area contributed by atoms with E-state index in [1.54, 1.807) is 24.9 Å². The van der Waals surface area contributed by atoms with Crippen molar-refractivity contribution in [2.75, 3.05) is 19.7 Å². The standard InChI is InChI=1S/C19H19N3O3/c1-2-17(23-10-1)18-14-22(9-11-24-18)13-15-3-5-16(6-4-15)25-19-12-20-7-8-21-19/h1-8,10,12,18H,9,11,13-14H2. The summed E-state index contributed by atoms with van der Waals surface area (Å²) >= 11 is 0. The molecule has 1 aliphatic rings. The van der Waals surface area contributed by atoms with Crippen molar-refractivity contribution in [2.24, 2.45) is 0 Å². The molecule has 3 aromatic rings. The van der Waals surface area contributed by atoms with Gasteiger partial charge in [0, 0.05) is 32.0 Å². The fourth-order valence-corrected chi connectivity index (χ4v) is 2.87. The first-order valence-electron chi connectivity index (χ1n) is 8.27. The lowest BCUT2D eigenvalue weighted by Crippen LogP contribution is -2.37. The van der Waals surface area contributed by atoms with Crippen LogP contribution in [0.1, 0.15) is 17.4 Å². The summed E-state index contributed by atoms with van der Waals surface area (Å²) in [5.41, 5.74) is 1.23. The van der Waals surface area contributed by atoms with E-state index in [1.165, 1.54) is 5.56 Å². The van der Waals surface area contributed by atoms with Gasteiger partial charge in [-0.15, -0.1) is 0 Å². The summed E-state index contributed by atoms with van der Waals surface area (Å²) in [6, 6.07) is 11.9. The second-order valence-corrected chi connectivity index (χ2v) is 5.90. The van der Waals surface area contributed by atoms with E-state index >= 15 is 0 Å². The van der Waals surface area contributed by atoms with E-state index in [-0.39, 0.29) is 6.10 Å². The van der Waals surface area contributed by atoms with Crippen LogP contribution in [0.15, 0.2) is 65.7 Å². The third-order valence-electron chi connectivity index (χ3n) is 4.10. The molecule has 1 aliphatic heterocycles. The smallest absolute Gasteiger partial charge is 0.237 e. The quantitative estimate of drug-likeness (QED) is 0.711. The molecule has 1 atom stereocenters. The van der Waals surface area contributed by atoms with E-state index in [1.807, 2.05) is 24.3 Å². The SMILES string of the molecule is c1coc(C2CN(Cc3ccc(Oc4cnccn4)cc3)CCO2)c1. The zero-order chi connectivity index (χ0) is 16.9. The monoisotopic (exact) mass is 337 g/mol. The molecule has 2 aromatic heterocycles. The molecule has 0 aliphatic carbocycles. The summed E-state index contributed by atoms with van der Waals surface area (Å²) in [4.78, 5) is 10.5. The van der Waals surface area contributed by atoms with Crippen molar-refractivity contribution in [3.8, 4) is 11.6 Å². The first kappa shape index (κ1) is 15.8. The topological polar surface area (TPSA) is 60.6 Å². The van der Waals surface area contributed by atoms with Gasteiger partial charge in [-0.2, -0.15) is 0 Å². The number of hydrogen-bond acceptors (Lipinski definition) is 6. The largest absolute Gasteiger partial charge is 0.467 e. The summed E-state index contributed by atoms with van der Waals surface area (Å²) in [5, 5.41) is 0. The van der Waals surface area contributed by atoms with Gasteiger partial charge in [-0.25, -0.2) is 4.98 Å². The Morgan fingerprint density at radius 2 is 2.08 bits per heavy atom. The predicted molar refractivity (Wildman–Crippen MR) is 91.2 cm³/mol. The highest BCUT2D eigenvalue weighted by atomic mass is 16.5. The fraction of sp³-hybridized carbons (Fsp3) is 0.263. The lowest BCUT2D eigenvalue weighted by Gasteiger charge is -2.31. The molecule has 25 heavy (non-hydrogen) atoms. The number of rotatable bonds is 5. The number of benzene rings is 1. The van der Waals surface area contributed by atoms with Gasteiger partial charge in [0.15, 0.2) is 0 Å². The van der Waals surface area contributed by atoms with E-state index in [4.69, 9.17) is 13.9 Å². The van der Waals surface area contributed by atoms with Crippen LogP contribution in [0.3, 0.4) is 0 Å². The molecule has 0 N–H and O–H groups in total. The number of furan rings is 1. The van der Waals surface area contributed by atoms with Crippen molar-refractivity contribution in [2.45, 2.75) is 12.6 Å². The number of aromatic nitrogens is 2. The average Bonchev–Trinajstić information content (AvgIpc) is 3.19. The maximum Gasteiger partial charge on any atom is 0.237 e. The maximum atomic E-state index is 5.81. The highest BCUT2D eigenvalue weighted by molar-refractivity contribution is 5.29. The minimum absolute atomic E-state index is 0.00279. The Kier molecular flexibility index (Phi) is 4.72. The van der Waals surface area contributed by atoms with Gasteiger partial charge in [0.2, 0.25) is 5.88 Å². The molecule has 0 amide bonds. The number of hydrogen-bond donors (Lipinski definition) is 0. The van der Waals surface area contributed by atoms with Crippen LogP contribution in [0.4, 0.5) is 0 Å². The first-order chi connectivity index (χ1) is 12.4. The molecular weight excluding hydrogens is 318 g/mol. The van der Waals surface area contributed by atoms with Crippen LogP contribution in [0.5, 0.6) is 11.6 Å². The predicted octanol–water partition coefficient (Wildman–Crippen LogP) is 3.44. The Bertz CT molecular complexity index is 775. The van der Waals surface area contributed by atoms with Gasteiger partial charge in [0.25, 0.3) is 0 Å². The van der Waals surface area contributed by atoms with Crippen LogP contribution >= 0.6 is 0 Å². The van der Waals surface area contributed by atoms with E-state index < -0.39 is 0 Å². The maximum absolute atomic E-state index is 5.81. The minimum atomic E-state index is 0.00279. The molecule has 1 saturated heterocycles. The van der Waals surface area contributed by atoms with E-state index in [9.17, 15) is 0 Å². The summed E-state index contributed by atoms with van der Waals surface area (Å²) in [6.07, 6.45) is 6.51. The van der Waals surface area contributed by atoms with Crippen LogP contribution < -0.4 is 4.74 Å². The third kappa shape index (κ3) is 4.04. The van der Waals surface area contributed by atoms with Gasteiger partial charge in [0.1, 0.15) is 17.6 Å². The van der Waals surface area contributed by atoms with Crippen LogP contribution in [0, 0.1) is 0 Å². The Labute approximate surface area is 146 Å². The molecule has 3 heterocycles. The van der Waals surface area contributed by atoms with Crippen LogP contribution in [-0.4, -0.2) is 34.6 Å². The van der Waals surface area contributed by atoms with Gasteiger partial charge in [-0.1, -0.05) is 12.1 Å². The lowest BCUT2D eigenvalue weighted by atomic mass is 10.1. The van der Waals surface area contributed by atoms with Crippen molar-refractivity contribution >= 4 is 0 Å². The summed E-state index contributed by atoms with van der Waals surface area (Å²) in [5.74, 6) is 2.13. The molecule has 1 unspecified atom stereocenters. The van der Waals surface area contributed by atoms with Crippen molar-refractivity contribution in [3.63, 3.8) is 0 Å². The second-order valence-electron chi connectivity index (χ2n) is 5.90. The normalized spacial score (nSPS) is 18.2. The highest BCUT2D eigenvalue weighted by Crippen LogP contribution is 2.24. The van der Waals surface area contributed by atoms with Crippen molar-refractivity contribution in [1.82, 2.24) is 14.9 Å². The molecule has 0 spiro atoms. The van der Waals surface area contributed by atoms with E-state index in [0.717, 1.165) is 31.1 Å². The van der Waals surface area contributed by atoms with Gasteiger partial charge >= 0.3 is 0 Å². The van der Waals surface area contributed by atoms with Gasteiger partial charge in [0.05, 0.1) is 19.1 Å². The van der Waals surface area contributed by atoms with Gasteiger partial charge < -0.3 is 13.9 Å². The number of nitrogens with zero attached hydrogens (tertiary/aromatic N) is 3. The van der Waals surface area contributed by atoms with Crippen LogP contribution in [0.2, 0.25) is 0 Å². The molecule has 0 bridgehead atoms. The molecule has 6 nitrogen and oxygen atoms in total. The molecule has 0 radical (unpaired) electrons. The second kappa shape index (κ2) is 7.46. The van der Waals surface area contributed by atoms with E-state index in [0.29, 0.717) is 12.5 Å².